The Kier molecular flexibility index (Phi) is 82.3. The Labute approximate surface area is 653 Å². The van der Waals surface area contributed by atoms with Crippen LogP contribution in [0.1, 0.15) is 484 Å². The highest BCUT2D eigenvalue weighted by Gasteiger charge is 2.23. The smallest absolute Gasteiger partial charge is 0.305 e. The lowest BCUT2D eigenvalue weighted by atomic mass is 9.91. The Hall–Kier alpha value is -2.28. The van der Waals surface area contributed by atoms with Crippen molar-refractivity contribution in [3.63, 3.8) is 0 Å². The molecule has 0 aliphatic heterocycles. The summed E-state index contributed by atoms with van der Waals surface area (Å²) in [5, 5.41) is 23.6. The summed E-state index contributed by atoms with van der Waals surface area (Å²) >= 11 is 0. The van der Waals surface area contributed by atoms with E-state index < -0.39 is 12.2 Å². The molecular weight excluding hydrogens is 1310 g/mol. The van der Waals surface area contributed by atoms with Gasteiger partial charge in [0.25, 0.3) is 0 Å². The molecule has 12 nitrogen and oxygen atoms in total. The summed E-state index contributed by atoms with van der Waals surface area (Å²) in [6.45, 7) is 14.2. The zero-order valence-electron chi connectivity index (χ0n) is 71.2. The lowest BCUT2D eigenvalue weighted by Gasteiger charge is -2.30. The molecule has 0 fully saturated rings. The van der Waals surface area contributed by atoms with Crippen LogP contribution in [0.15, 0.2) is 0 Å². The van der Waals surface area contributed by atoms with Gasteiger partial charge in [-0.3, -0.25) is 19.2 Å². The fraction of sp³-hybridized carbons (Fsp3) is 0.957. The van der Waals surface area contributed by atoms with Gasteiger partial charge < -0.3 is 39.0 Å². The minimum Gasteiger partial charge on any atom is -0.466 e. The number of aliphatic hydroxyl groups excluding tert-OH is 2. The number of carbonyl (C=O) groups excluding carboxylic acids is 4. The first-order chi connectivity index (χ1) is 51.5. The van der Waals surface area contributed by atoms with Gasteiger partial charge >= 0.3 is 23.9 Å². The van der Waals surface area contributed by atoms with Crippen LogP contribution in [0.3, 0.4) is 0 Å². The first-order valence-corrected chi connectivity index (χ1v) is 46.8. The Morgan fingerprint density at radius 2 is 0.400 bits per heavy atom. The number of esters is 4. The fourth-order valence-corrected chi connectivity index (χ4v) is 15.3. The molecule has 4 unspecified atom stereocenters. The Morgan fingerprint density at radius 1 is 0.229 bits per heavy atom. The van der Waals surface area contributed by atoms with Gasteiger partial charge in [0.1, 0.15) is 0 Å². The minimum atomic E-state index is -0.449. The van der Waals surface area contributed by atoms with Gasteiger partial charge in [0.15, 0.2) is 0 Å². The third-order valence-corrected chi connectivity index (χ3v) is 22.5. The number of hydrogen-bond donors (Lipinski definition) is 2. The monoisotopic (exact) mass is 1490 g/mol. The van der Waals surface area contributed by atoms with E-state index in [9.17, 15) is 29.4 Å². The summed E-state index contributed by atoms with van der Waals surface area (Å²) in [5.74, 6) is -0.146. The van der Waals surface area contributed by atoms with Crippen LogP contribution in [0, 0.1) is 11.8 Å². The van der Waals surface area contributed by atoms with Crippen molar-refractivity contribution in [2.75, 3.05) is 66.7 Å². The van der Waals surface area contributed by atoms with Gasteiger partial charge in [0, 0.05) is 38.8 Å². The molecule has 2 N–H and O–H groups in total. The third-order valence-electron chi connectivity index (χ3n) is 22.5. The first kappa shape index (κ1) is 103. The van der Waals surface area contributed by atoms with E-state index in [1.807, 2.05) is 0 Å². The van der Waals surface area contributed by atoms with Crippen LogP contribution in [0.25, 0.3) is 0 Å². The van der Waals surface area contributed by atoms with Crippen molar-refractivity contribution in [3.05, 3.63) is 0 Å². The Morgan fingerprint density at radius 3 is 0.610 bits per heavy atom. The molecule has 0 aliphatic rings. The summed E-state index contributed by atoms with van der Waals surface area (Å²) in [6.07, 6.45) is 80.5. The van der Waals surface area contributed by atoms with Crippen molar-refractivity contribution in [3.8, 4) is 0 Å². The molecular formula is C93H182N2O10. The van der Waals surface area contributed by atoms with E-state index in [-0.39, 0.29) is 35.7 Å². The standard InChI is InChI=1S/C93H182N2O10/c1-7-11-15-19-23-27-31-35-39-43-47-51-59-74-90(98)102-80-65-55-57-72-88(96)86(70-63-67-82-104-92(100)76-61-53-49-45-41-37-33-29-25-21-17-13-9-3)84-94(5)78-69-79-95(6)85-87(71-64-68-83-105-93(101)77-62-54-50-46-42-38-34-30-26-22-18-14-10-4)89(97)73-58-56-66-81-103-91(99)75-60-52-48-44-40-36-32-28-24-20-16-12-8-2/h86-89,96-97H,7-85H2,1-6H3. The normalized spacial score (nSPS) is 12.9. The molecule has 0 rings (SSSR count). The van der Waals surface area contributed by atoms with Crippen LogP contribution in [-0.2, 0) is 38.1 Å². The number of aliphatic hydroxyl groups is 2. The predicted octanol–water partition coefficient (Wildman–Crippen LogP) is 26.8. The molecule has 0 heterocycles. The van der Waals surface area contributed by atoms with Gasteiger partial charge in [-0.15, -0.1) is 0 Å². The molecule has 0 saturated carbocycles. The zero-order valence-corrected chi connectivity index (χ0v) is 71.2. The molecule has 0 aromatic heterocycles. The topological polar surface area (TPSA) is 152 Å². The van der Waals surface area contributed by atoms with E-state index in [2.05, 4.69) is 51.6 Å². The molecule has 0 radical (unpaired) electrons. The van der Waals surface area contributed by atoms with E-state index in [0.29, 0.717) is 65.0 Å². The molecule has 12 heteroatoms. The average molecular weight is 1490 g/mol. The molecule has 0 aromatic carbocycles. The molecule has 0 aromatic rings. The summed E-state index contributed by atoms with van der Waals surface area (Å²) in [6, 6.07) is 0. The largest absolute Gasteiger partial charge is 0.466 e. The van der Waals surface area contributed by atoms with Crippen molar-refractivity contribution in [1.29, 1.82) is 0 Å². The average Bonchev–Trinajstić information content (AvgIpc) is 0.965. The van der Waals surface area contributed by atoms with Gasteiger partial charge in [-0.2, -0.15) is 0 Å². The maximum atomic E-state index is 12.7. The van der Waals surface area contributed by atoms with Crippen molar-refractivity contribution in [2.45, 2.75) is 496 Å². The number of rotatable bonds is 88. The molecule has 0 saturated heterocycles. The van der Waals surface area contributed by atoms with Crippen LogP contribution in [0.2, 0.25) is 0 Å². The van der Waals surface area contributed by atoms with E-state index in [1.165, 1.54) is 283 Å². The second kappa shape index (κ2) is 84.2. The highest BCUT2D eigenvalue weighted by molar-refractivity contribution is 5.70. The van der Waals surface area contributed by atoms with Crippen LogP contribution in [0.5, 0.6) is 0 Å². The summed E-state index contributed by atoms with van der Waals surface area (Å²) in [5.41, 5.74) is 0. The molecule has 0 aliphatic carbocycles. The quantitative estimate of drug-likeness (QED) is 0.0339. The van der Waals surface area contributed by atoms with Crippen molar-refractivity contribution < 1.29 is 48.3 Å². The number of nitrogens with zero attached hydrogens (tertiary/aromatic N) is 2. The highest BCUT2D eigenvalue weighted by Crippen LogP contribution is 2.24. The summed E-state index contributed by atoms with van der Waals surface area (Å²) < 4.78 is 22.7. The zero-order chi connectivity index (χ0) is 76.5. The molecule has 105 heavy (non-hydrogen) atoms. The third kappa shape index (κ3) is 78.2. The fourth-order valence-electron chi connectivity index (χ4n) is 15.3. The lowest BCUT2D eigenvalue weighted by molar-refractivity contribution is -0.144. The summed E-state index contributed by atoms with van der Waals surface area (Å²) in [4.78, 5) is 55.3. The maximum Gasteiger partial charge on any atom is 0.305 e. The van der Waals surface area contributed by atoms with Gasteiger partial charge in [-0.1, -0.05) is 349 Å². The molecule has 4 atom stereocenters. The Balaban J connectivity index is 5.29. The van der Waals surface area contributed by atoms with Gasteiger partial charge in [0.2, 0.25) is 0 Å². The lowest BCUT2D eigenvalue weighted by Crippen LogP contribution is -2.36. The van der Waals surface area contributed by atoms with E-state index in [4.69, 9.17) is 18.9 Å². The molecule has 0 bridgehead atoms. The van der Waals surface area contributed by atoms with Crippen LogP contribution in [-0.4, -0.2) is 123 Å². The summed E-state index contributed by atoms with van der Waals surface area (Å²) in [7, 11) is 4.34. The number of carbonyl (C=O) groups is 4. The minimum absolute atomic E-state index is 0.0786. The van der Waals surface area contributed by atoms with Crippen LogP contribution < -0.4 is 0 Å². The van der Waals surface area contributed by atoms with E-state index in [0.717, 1.165) is 161 Å². The van der Waals surface area contributed by atoms with Crippen molar-refractivity contribution in [2.24, 2.45) is 11.8 Å². The van der Waals surface area contributed by atoms with Gasteiger partial charge in [-0.25, -0.2) is 0 Å². The molecule has 0 spiro atoms. The van der Waals surface area contributed by atoms with Crippen molar-refractivity contribution >= 4 is 23.9 Å². The highest BCUT2D eigenvalue weighted by atomic mass is 16.5. The SMILES string of the molecule is CCCCCCCCCCCCCCCC(=O)OCCCCCC(O)C(CCCCOC(=O)CCCCCCCCCCCCCCC)CN(C)CCCN(C)CC(CCCCOC(=O)CCCCCCCCCCCCCCC)C(O)CCCCCOC(=O)CCCCCCCCCCCCCCC. The first-order valence-electron chi connectivity index (χ1n) is 46.8. The van der Waals surface area contributed by atoms with Crippen LogP contribution in [0.4, 0.5) is 0 Å². The molecule has 624 valence electrons. The number of hydrogen-bond acceptors (Lipinski definition) is 12. The predicted molar refractivity (Wildman–Crippen MR) is 448 cm³/mol. The second-order valence-corrected chi connectivity index (χ2v) is 33.1. The Bertz CT molecular complexity index is 1660. The van der Waals surface area contributed by atoms with Gasteiger partial charge in [0.05, 0.1) is 38.6 Å². The number of unbranched alkanes of at least 4 members (excludes halogenated alkanes) is 54. The van der Waals surface area contributed by atoms with Crippen molar-refractivity contribution in [1.82, 2.24) is 9.80 Å². The van der Waals surface area contributed by atoms with Crippen LogP contribution >= 0.6 is 0 Å². The van der Waals surface area contributed by atoms with E-state index >= 15 is 0 Å². The van der Waals surface area contributed by atoms with Gasteiger partial charge in [-0.05, 0) is 148 Å². The number of ether oxygens (including phenoxy) is 4. The van der Waals surface area contributed by atoms with E-state index in [1.54, 1.807) is 0 Å². The maximum absolute atomic E-state index is 12.7. The second-order valence-electron chi connectivity index (χ2n) is 33.1. The molecule has 0 amide bonds.